The average molecular weight is 344 g/mol. The molecule has 11 heteroatoms. The maximum Gasteiger partial charge on any atom is 0.427 e. The van der Waals surface area contributed by atoms with E-state index < -0.39 is 12.0 Å². The third-order valence-electron chi connectivity index (χ3n) is 2.21. The van der Waals surface area contributed by atoms with E-state index in [1.807, 2.05) is 19.3 Å². The summed E-state index contributed by atoms with van der Waals surface area (Å²) >= 11 is 5.95. The van der Waals surface area contributed by atoms with Crippen molar-refractivity contribution in [2.75, 3.05) is 17.7 Å². The zero-order valence-corrected chi connectivity index (χ0v) is 13.6. The molecule has 0 aliphatic carbocycles. The van der Waals surface area contributed by atoms with Crippen molar-refractivity contribution in [3.8, 4) is 0 Å². The summed E-state index contributed by atoms with van der Waals surface area (Å²) in [5, 5.41) is 8.68. The fourth-order valence-corrected chi connectivity index (χ4v) is 1.55. The molecular formula is C12H18ClN7O3. The van der Waals surface area contributed by atoms with Crippen LogP contribution in [0.2, 0.25) is 5.15 Å². The van der Waals surface area contributed by atoms with E-state index in [0.29, 0.717) is 0 Å². The van der Waals surface area contributed by atoms with Crippen molar-refractivity contribution < 1.29 is 14.3 Å². The number of nitrogens with zero attached hydrogens (tertiary/aromatic N) is 3. The van der Waals surface area contributed by atoms with Gasteiger partial charge in [0.15, 0.2) is 22.5 Å². The van der Waals surface area contributed by atoms with Crippen molar-refractivity contribution in [1.29, 1.82) is 0 Å². The number of nitrogen functional groups attached to an aromatic ring is 1. The average Bonchev–Trinajstić information content (AvgIpc) is 2.46. The van der Waals surface area contributed by atoms with Gasteiger partial charge in [0.2, 0.25) is 0 Å². The number of carbonyl (C=O) groups is 2. The van der Waals surface area contributed by atoms with Crippen LogP contribution in [0.3, 0.4) is 0 Å². The van der Waals surface area contributed by atoms with Gasteiger partial charge in [0.05, 0.1) is 6.61 Å². The Kier molecular flexibility index (Phi) is 7.00. The first-order chi connectivity index (χ1) is 10.8. The standard InChI is InChI=1S/C12H18ClN7O3/c1-4-23-12(22)20-16-5-15-11(21)7-9(14)19-10(8(13)18-7)17-6(2)3/h5-6H,4H2,1-3H3,(H,20,22)(H3,14,17,19)(H,15,16,21). The number of hydrogen-bond acceptors (Lipinski definition) is 8. The maximum absolute atomic E-state index is 11.9. The Hall–Kier alpha value is -2.62. The molecule has 126 valence electrons. The topological polar surface area (TPSA) is 144 Å². The summed E-state index contributed by atoms with van der Waals surface area (Å²) < 4.78 is 4.57. The fraction of sp³-hybridized carbons (Fsp3) is 0.417. The van der Waals surface area contributed by atoms with Gasteiger partial charge in [-0.1, -0.05) is 11.6 Å². The number of ether oxygens (including phenoxy) is 1. The Labute approximate surface area is 137 Å². The molecule has 0 aromatic carbocycles. The molecule has 0 atom stereocenters. The van der Waals surface area contributed by atoms with Gasteiger partial charge < -0.3 is 21.1 Å². The third kappa shape index (κ3) is 5.94. The normalized spacial score (nSPS) is 10.7. The minimum atomic E-state index is -0.746. The molecule has 23 heavy (non-hydrogen) atoms. The Morgan fingerprint density at radius 1 is 1.43 bits per heavy atom. The molecule has 0 radical (unpaired) electrons. The highest BCUT2D eigenvalue weighted by Gasteiger charge is 2.16. The Balaban J connectivity index is 2.71. The molecule has 0 unspecified atom stereocenters. The molecule has 10 nitrogen and oxygen atoms in total. The molecule has 0 saturated heterocycles. The highest BCUT2D eigenvalue weighted by molar-refractivity contribution is 6.32. The minimum Gasteiger partial charge on any atom is -0.449 e. The van der Waals surface area contributed by atoms with E-state index in [9.17, 15) is 9.59 Å². The van der Waals surface area contributed by atoms with Crippen LogP contribution in [0.25, 0.3) is 0 Å². The van der Waals surface area contributed by atoms with Crippen LogP contribution >= 0.6 is 11.6 Å². The summed E-state index contributed by atoms with van der Waals surface area (Å²) in [6, 6.07) is 0.0713. The number of carbonyl (C=O) groups excluding carboxylic acids is 2. The van der Waals surface area contributed by atoms with E-state index in [1.54, 1.807) is 6.92 Å². The summed E-state index contributed by atoms with van der Waals surface area (Å²) in [5.74, 6) is -0.488. The Morgan fingerprint density at radius 2 is 2.13 bits per heavy atom. The van der Waals surface area contributed by atoms with Crippen molar-refractivity contribution in [3.05, 3.63) is 10.8 Å². The van der Waals surface area contributed by atoms with Crippen LogP contribution in [0.1, 0.15) is 31.3 Å². The highest BCUT2D eigenvalue weighted by Crippen LogP contribution is 2.20. The summed E-state index contributed by atoms with van der Waals surface area (Å²) in [6.07, 6.45) is 0.207. The second-order valence-corrected chi connectivity index (χ2v) is 4.82. The van der Waals surface area contributed by atoms with Crippen LogP contribution in [0.5, 0.6) is 0 Å². The maximum atomic E-state index is 11.9. The Bertz CT molecular complexity index is 607. The molecule has 0 aliphatic rings. The summed E-state index contributed by atoms with van der Waals surface area (Å²) in [4.78, 5) is 30.8. The van der Waals surface area contributed by atoms with Crippen LogP contribution < -0.4 is 21.8 Å². The van der Waals surface area contributed by atoms with Crippen LogP contribution in [0, 0.1) is 0 Å². The number of amides is 2. The summed E-state index contributed by atoms with van der Waals surface area (Å²) in [6.45, 7) is 5.63. The molecule has 1 rings (SSSR count). The van der Waals surface area contributed by atoms with E-state index >= 15 is 0 Å². The molecule has 1 heterocycles. The predicted molar refractivity (Wildman–Crippen MR) is 86.3 cm³/mol. The molecule has 5 N–H and O–H groups in total. The first kappa shape index (κ1) is 18.4. The lowest BCUT2D eigenvalue weighted by atomic mass is 10.3. The van der Waals surface area contributed by atoms with Crippen LogP contribution in [-0.2, 0) is 4.74 Å². The molecule has 0 spiro atoms. The van der Waals surface area contributed by atoms with Gasteiger partial charge in [-0.15, -0.1) is 0 Å². The van der Waals surface area contributed by atoms with Crippen molar-refractivity contribution in [2.45, 2.75) is 26.8 Å². The third-order valence-corrected chi connectivity index (χ3v) is 2.48. The van der Waals surface area contributed by atoms with Crippen LogP contribution in [-0.4, -0.2) is 41.0 Å². The van der Waals surface area contributed by atoms with E-state index in [0.717, 1.165) is 6.34 Å². The second-order valence-electron chi connectivity index (χ2n) is 4.46. The van der Waals surface area contributed by atoms with Gasteiger partial charge in [-0.25, -0.2) is 20.2 Å². The van der Waals surface area contributed by atoms with Gasteiger partial charge in [-0.2, -0.15) is 5.10 Å². The SMILES string of the molecule is CCOC(=O)NN=CNC(=O)c1nc(Cl)c(NC(C)C)nc1N. The molecule has 0 saturated carbocycles. The number of nitrogens with two attached hydrogens (primary N) is 1. The molecular weight excluding hydrogens is 326 g/mol. The lowest BCUT2D eigenvalue weighted by Crippen LogP contribution is -2.27. The first-order valence-corrected chi connectivity index (χ1v) is 7.07. The van der Waals surface area contributed by atoms with E-state index in [-0.39, 0.29) is 35.1 Å². The van der Waals surface area contributed by atoms with Gasteiger partial charge in [0.1, 0.15) is 6.34 Å². The quantitative estimate of drug-likeness (QED) is 0.342. The van der Waals surface area contributed by atoms with Gasteiger partial charge >= 0.3 is 6.09 Å². The first-order valence-electron chi connectivity index (χ1n) is 6.69. The van der Waals surface area contributed by atoms with Crippen LogP contribution in [0.15, 0.2) is 5.10 Å². The molecule has 0 bridgehead atoms. The minimum absolute atomic E-state index is 0.0136. The zero-order chi connectivity index (χ0) is 17.4. The van der Waals surface area contributed by atoms with Crippen molar-refractivity contribution in [1.82, 2.24) is 20.7 Å². The molecule has 0 fully saturated rings. The van der Waals surface area contributed by atoms with Crippen molar-refractivity contribution in [3.63, 3.8) is 0 Å². The number of halogens is 1. The largest absolute Gasteiger partial charge is 0.449 e. The van der Waals surface area contributed by atoms with Gasteiger partial charge in [-0.3, -0.25) is 4.79 Å². The van der Waals surface area contributed by atoms with Gasteiger partial charge in [0.25, 0.3) is 5.91 Å². The van der Waals surface area contributed by atoms with Gasteiger partial charge in [0, 0.05) is 6.04 Å². The van der Waals surface area contributed by atoms with E-state index in [2.05, 4.69) is 30.4 Å². The molecule has 1 aromatic rings. The number of hydrogen-bond donors (Lipinski definition) is 4. The van der Waals surface area contributed by atoms with E-state index in [4.69, 9.17) is 17.3 Å². The number of rotatable bonds is 6. The summed E-state index contributed by atoms with van der Waals surface area (Å²) in [7, 11) is 0. The Morgan fingerprint density at radius 3 is 2.74 bits per heavy atom. The smallest absolute Gasteiger partial charge is 0.427 e. The number of nitrogens with one attached hydrogen (secondary N) is 3. The van der Waals surface area contributed by atoms with E-state index in [1.165, 1.54) is 0 Å². The van der Waals surface area contributed by atoms with Gasteiger partial charge in [-0.05, 0) is 20.8 Å². The fourth-order valence-electron chi connectivity index (χ4n) is 1.37. The predicted octanol–water partition coefficient (Wildman–Crippen LogP) is 0.952. The lowest BCUT2D eigenvalue weighted by molar-refractivity contribution is 0.0973. The number of aromatic nitrogens is 2. The molecule has 1 aromatic heterocycles. The lowest BCUT2D eigenvalue weighted by Gasteiger charge is -2.12. The monoisotopic (exact) mass is 343 g/mol. The molecule has 0 aliphatic heterocycles. The summed E-state index contributed by atoms with van der Waals surface area (Å²) in [5.41, 5.74) is 7.57. The number of hydrazone groups is 1. The van der Waals surface area contributed by atoms with Crippen molar-refractivity contribution >= 4 is 41.6 Å². The molecule has 2 amide bonds. The van der Waals surface area contributed by atoms with Crippen LogP contribution in [0.4, 0.5) is 16.4 Å². The highest BCUT2D eigenvalue weighted by atomic mass is 35.5. The number of anilines is 2. The second kappa shape index (κ2) is 8.73. The van der Waals surface area contributed by atoms with Crippen molar-refractivity contribution in [2.24, 2.45) is 5.10 Å². The zero-order valence-electron chi connectivity index (χ0n) is 12.9.